The molecule has 1 aromatic heterocycles. The molecule has 0 unspecified atom stereocenters. The number of nitrogens with zero attached hydrogens (tertiary/aromatic N) is 2. The minimum atomic E-state index is -0.0241. The number of hydrogen-bond acceptors (Lipinski definition) is 4. The second-order valence-electron chi connectivity index (χ2n) is 16.5. The summed E-state index contributed by atoms with van der Waals surface area (Å²) in [4.78, 5) is 18.3. The number of benzene rings is 10. The summed E-state index contributed by atoms with van der Waals surface area (Å²) in [5.41, 5.74) is 18.6. The maximum atomic E-state index is 13.5. The molecule has 2 heterocycles. The smallest absolute Gasteiger partial charge is 0.200 e. The van der Waals surface area contributed by atoms with Crippen molar-refractivity contribution in [3.8, 4) is 55.6 Å². The Labute approximate surface area is 377 Å². The van der Waals surface area contributed by atoms with Crippen LogP contribution < -0.4 is 15.2 Å². The fourth-order valence-corrected chi connectivity index (χ4v) is 9.36. The van der Waals surface area contributed by atoms with Crippen LogP contribution in [-0.4, -0.2) is 0 Å². The van der Waals surface area contributed by atoms with Crippen LogP contribution in [0.5, 0.6) is 0 Å². The molecule has 0 aliphatic carbocycles. The van der Waals surface area contributed by atoms with Gasteiger partial charge in [-0.05, 0) is 147 Å². The SMILES string of the molecule is O=c1c2ccccc2oc2cc(-c3cccc(N4c5ccc(-c6ccccc6)cc5N(c5ccccc5)c5cc(-c6cc(-c7ccccc7)cc(-c7ccccc7)c6)ccc54)c3)ccc12. The van der Waals surface area contributed by atoms with E-state index in [0.29, 0.717) is 21.9 Å². The van der Waals surface area contributed by atoms with Crippen LogP contribution in [0.15, 0.2) is 252 Å². The molecule has 0 amide bonds. The van der Waals surface area contributed by atoms with Crippen LogP contribution in [-0.2, 0) is 0 Å². The van der Waals surface area contributed by atoms with E-state index in [-0.39, 0.29) is 5.43 Å². The lowest BCUT2D eigenvalue weighted by molar-refractivity contribution is 0.660. The summed E-state index contributed by atoms with van der Waals surface area (Å²) in [5.74, 6) is 0. The van der Waals surface area contributed by atoms with Crippen molar-refractivity contribution in [2.24, 2.45) is 0 Å². The summed E-state index contributed by atoms with van der Waals surface area (Å²) in [7, 11) is 0. The van der Waals surface area contributed by atoms with Gasteiger partial charge in [-0.3, -0.25) is 4.79 Å². The maximum Gasteiger partial charge on any atom is 0.200 e. The Hall–Kier alpha value is -8.73. The molecule has 4 heteroatoms. The van der Waals surface area contributed by atoms with Gasteiger partial charge in [-0.1, -0.05) is 152 Å². The predicted molar refractivity (Wildman–Crippen MR) is 270 cm³/mol. The van der Waals surface area contributed by atoms with Gasteiger partial charge in [0, 0.05) is 11.4 Å². The Morgan fingerprint density at radius 2 is 0.677 bits per heavy atom. The van der Waals surface area contributed by atoms with E-state index in [2.05, 4.69) is 210 Å². The quantitative estimate of drug-likeness (QED) is 0.150. The van der Waals surface area contributed by atoms with Crippen molar-refractivity contribution >= 4 is 56.1 Å². The van der Waals surface area contributed by atoms with E-state index < -0.39 is 0 Å². The van der Waals surface area contributed by atoms with Crippen molar-refractivity contribution in [1.82, 2.24) is 0 Å². The minimum Gasteiger partial charge on any atom is -0.456 e. The molecule has 0 saturated heterocycles. The number of para-hydroxylation sites is 2. The lowest BCUT2D eigenvalue weighted by Gasteiger charge is -2.41. The van der Waals surface area contributed by atoms with E-state index in [0.717, 1.165) is 78.6 Å². The summed E-state index contributed by atoms with van der Waals surface area (Å²) in [6.45, 7) is 0. The number of hydrogen-bond donors (Lipinski definition) is 0. The fourth-order valence-electron chi connectivity index (χ4n) is 9.36. The first-order valence-electron chi connectivity index (χ1n) is 21.9. The van der Waals surface area contributed by atoms with Crippen LogP contribution in [0.2, 0.25) is 0 Å². The molecule has 65 heavy (non-hydrogen) atoms. The van der Waals surface area contributed by atoms with Crippen molar-refractivity contribution in [3.05, 3.63) is 253 Å². The molecule has 0 saturated carbocycles. The molecule has 306 valence electrons. The first kappa shape index (κ1) is 38.0. The maximum absolute atomic E-state index is 13.5. The standard InChI is InChI=1S/C61H40N2O2/c64-61-53-26-13-14-27-59(53)65-60-40-47(28-31-54(60)61)44-22-15-25-52(37-44)63-55-32-29-45(41-16-5-1-6-17-41)38-57(55)62(51-23-11-4-12-24-51)58-39-46(30-33-56(58)63)50-35-48(42-18-7-2-8-19-42)34-49(36-50)43-20-9-3-10-21-43/h1-40H. The third kappa shape index (κ3) is 6.85. The Bertz CT molecular complexity index is 3570. The lowest BCUT2D eigenvalue weighted by Crippen LogP contribution is -2.24. The van der Waals surface area contributed by atoms with Gasteiger partial charge in [0.2, 0.25) is 5.43 Å². The van der Waals surface area contributed by atoms with Crippen molar-refractivity contribution in [1.29, 1.82) is 0 Å². The fraction of sp³-hybridized carbons (Fsp3) is 0. The van der Waals surface area contributed by atoms with Gasteiger partial charge in [0.25, 0.3) is 0 Å². The third-order valence-electron chi connectivity index (χ3n) is 12.5. The average molecular weight is 833 g/mol. The molecule has 1 aliphatic rings. The van der Waals surface area contributed by atoms with Gasteiger partial charge in [-0.2, -0.15) is 0 Å². The van der Waals surface area contributed by atoms with E-state index in [1.54, 1.807) is 0 Å². The van der Waals surface area contributed by atoms with Crippen LogP contribution in [0.4, 0.5) is 34.1 Å². The van der Waals surface area contributed by atoms with Crippen LogP contribution >= 0.6 is 0 Å². The van der Waals surface area contributed by atoms with E-state index in [1.807, 2.05) is 42.5 Å². The zero-order chi connectivity index (χ0) is 43.3. The number of rotatable bonds is 7. The molecule has 0 spiro atoms. The minimum absolute atomic E-state index is 0.0241. The van der Waals surface area contributed by atoms with Crippen molar-refractivity contribution in [2.75, 3.05) is 9.80 Å². The number of anilines is 6. The monoisotopic (exact) mass is 832 g/mol. The Morgan fingerprint density at radius 1 is 0.262 bits per heavy atom. The van der Waals surface area contributed by atoms with Gasteiger partial charge in [-0.15, -0.1) is 0 Å². The largest absolute Gasteiger partial charge is 0.456 e. The second-order valence-corrected chi connectivity index (χ2v) is 16.5. The lowest BCUT2D eigenvalue weighted by atomic mass is 9.92. The van der Waals surface area contributed by atoms with Crippen molar-refractivity contribution in [3.63, 3.8) is 0 Å². The topological polar surface area (TPSA) is 36.7 Å². The molecule has 0 fully saturated rings. The van der Waals surface area contributed by atoms with Crippen LogP contribution in [0.1, 0.15) is 0 Å². The van der Waals surface area contributed by atoms with Gasteiger partial charge in [0.05, 0.1) is 33.5 Å². The molecule has 0 radical (unpaired) electrons. The van der Waals surface area contributed by atoms with Gasteiger partial charge < -0.3 is 14.2 Å². The van der Waals surface area contributed by atoms with E-state index in [1.165, 1.54) is 11.1 Å². The predicted octanol–water partition coefficient (Wildman–Crippen LogP) is 16.5. The second kappa shape index (κ2) is 15.9. The third-order valence-corrected chi connectivity index (χ3v) is 12.5. The van der Waals surface area contributed by atoms with Gasteiger partial charge in [0.1, 0.15) is 11.2 Å². The molecule has 0 bridgehead atoms. The normalized spacial score (nSPS) is 12.0. The summed E-state index contributed by atoms with van der Waals surface area (Å²) >= 11 is 0. The van der Waals surface area contributed by atoms with Crippen LogP contribution in [0.25, 0.3) is 77.6 Å². The van der Waals surface area contributed by atoms with Crippen molar-refractivity contribution < 1.29 is 4.42 Å². The molecule has 0 N–H and O–H groups in total. The first-order chi connectivity index (χ1) is 32.1. The molecular formula is C61H40N2O2. The molecule has 12 rings (SSSR count). The summed E-state index contributed by atoms with van der Waals surface area (Å²) in [6.07, 6.45) is 0. The highest BCUT2D eigenvalue weighted by Crippen LogP contribution is 2.56. The summed E-state index contributed by atoms with van der Waals surface area (Å²) in [6, 6.07) is 85.1. The average Bonchev–Trinajstić information content (AvgIpc) is 3.38. The van der Waals surface area contributed by atoms with Crippen LogP contribution in [0, 0.1) is 0 Å². The Morgan fingerprint density at radius 3 is 1.29 bits per heavy atom. The molecule has 1 aliphatic heterocycles. The van der Waals surface area contributed by atoms with Gasteiger partial charge >= 0.3 is 0 Å². The van der Waals surface area contributed by atoms with Crippen molar-refractivity contribution in [2.45, 2.75) is 0 Å². The van der Waals surface area contributed by atoms with E-state index in [4.69, 9.17) is 4.42 Å². The van der Waals surface area contributed by atoms with E-state index in [9.17, 15) is 4.79 Å². The van der Waals surface area contributed by atoms with Gasteiger partial charge in [0.15, 0.2) is 0 Å². The van der Waals surface area contributed by atoms with Gasteiger partial charge in [-0.25, -0.2) is 0 Å². The molecule has 10 aromatic carbocycles. The molecule has 4 nitrogen and oxygen atoms in total. The Balaban J connectivity index is 1.06. The summed E-state index contributed by atoms with van der Waals surface area (Å²) in [5, 5.41) is 1.15. The molecular weight excluding hydrogens is 793 g/mol. The molecule has 0 atom stereocenters. The zero-order valence-electron chi connectivity index (χ0n) is 35.3. The highest BCUT2D eigenvalue weighted by Gasteiger charge is 2.32. The Kier molecular flexibility index (Phi) is 9.28. The molecule has 11 aromatic rings. The highest BCUT2D eigenvalue weighted by atomic mass is 16.3. The van der Waals surface area contributed by atoms with E-state index >= 15 is 0 Å². The first-order valence-corrected chi connectivity index (χ1v) is 21.9. The number of fused-ring (bicyclic) bond motifs is 4. The highest BCUT2D eigenvalue weighted by molar-refractivity contribution is 6.04. The van der Waals surface area contributed by atoms with Crippen LogP contribution in [0.3, 0.4) is 0 Å². The zero-order valence-corrected chi connectivity index (χ0v) is 35.3. The summed E-state index contributed by atoms with van der Waals surface area (Å²) < 4.78 is 6.33.